The van der Waals surface area contributed by atoms with E-state index < -0.39 is 0 Å². The summed E-state index contributed by atoms with van der Waals surface area (Å²) in [4.78, 5) is 16.9. The van der Waals surface area contributed by atoms with Gasteiger partial charge in [-0.25, -0.2) is 0 Å². The van der Waals surface area contributed by atoms with E-state index in [1.807, 2.05) is 23.1 Å². The second-order valence-corrected chi connectivity index (χ2v) is 5.33. The van der Waals surface area contributed by atoms with Crippen molar-refractivity contribution in [2.75, 3.05) is 33.2 Å². The van der Waals surface area contributed by atoms with Crippen LogP contribution in [-0.4, -0.2) is 53.9 Å². The zero-order chi connectivity index (χ0) is 13.8. The molecule has 1 fully saturated rings. The third kappa shape index (κ3) is 3.52. The number of benzene rings is 1. The highest BCUT2D eigenvalue weighted by atomic mass is 32.1. The third-order valence-corrected chi connectivity index (χ3v) is 3.64. The standard InChI is InChI=1S/C14H19N3OS/c1-16-6-3-7-17(9-8-16)14(18)12-5-2-4-11(10-12)13(15)19/h2,4-5,10H,3,6-9H2,1H3,(H2,15,19). The van der Waals surface area contributed by atoms with E-state index in [1.165, 1.54) is 0 Å². The minimum absolute atomic E-state index is 0.0633. The van der Waals surface area contributed by atoms with Gasteiger partial charge >= 0.3 is 0 Å². The van der Waals surface area contributed by atoms with E-state index in [4.69, 9.17) is 18.0 Å². The van der Waals surface area contributed by atoms with Crippen molar-refractivity contribution in [3.8, 4) is 0 Å². The summed E-state index contributed by atoms with van der Waals surface area (Å²) in [6, 6.07) is 7.25. The SMILES string of the molecule is CN1CCCN(C(=O)c2cccc(C(N)=S)c2)CC1. The van der Waals surface area contributed by atoms with Gasteiger partial charge in [-0.1, -0.05) is 24.4 Å². The van der Waals surface area contributed by atoms with Gasteiger partial charge in [-0.05, 0) is 32.1 Å². The highest BCUT2D eigenvalue weighted by Gasteiger charge is 2.19. The molecule has 1 saturated heterocycles. The maximum Gasteiger partial charge on any atom is 0.253 e. The molecule has 1 amide bonds. The van der Waals surface area contributed by atoms with Crippen molar-refractivity contribution >= 4 is 23.1 Å². The Balaban J connectivity index is 2.14. The van der Waals surface area contributed by atoms with E-state index >= 15 is 0 Å². The quantitative estimate of drug-likeness (QED) is 0.823. The van der Waals surface area contributed by atoms with Crippen LogP contribution in [0.4, 0.5) is 0 Å². The Hall–Kier alpha value is -1.46. The van der Waals surface area contributed by atoms with Gasteiger partial charge in [-0.15, -0.1) is 0 Å². The second-order valence-electron chi connectivity index (χ2n) is 4.89. The molecule has 4 nitrogen and oxygen atoms in total. The molecule has 102 valence electrons. The Morgan fingerprint density at radius 3 is 2.68 bits per heavy atom. The van der Waals surface area contributed by atoms with Crippen molar-refractivity contribution in [1.82, 2.24) is 9.80 Å². The second kappa shape index (κ2) is 6.12. The van der Waals surface area contributed by atoms with Crippen molar-refractivity contribution in [2.45, 2.75) is 6.42 Å². The molecular formula is C14H19N3OS. The molecule has 2 N–H and O–H groups in total. The van der Waals surface area contributed by atoms with Crippen LogP contribution in [0.5, 0.6) is 0 Å². The average molecular weight is 277 g/mol. The highest BCUT2D eigenvalue weighted by molar-refractivity contribution is 7.80. The van der Waals surface area contributed by atoms with Crippen LogP contribution in [0, 0.1) is 0 Å². The van der Waals surface area contributed by atoms with Crippen LogP contribution in [0.15, 0.2) is 24.3 Å². The normalized spacial score (nSPS) is 17.0. The molecule has 1 aliphatic heterocycles. The predicted octanol–water partition coefficient (Wildman–Crippen LogP) is 1.10. The van der Waals surface area contributed by atoms with Crippen molar-refractivity contribution in [1.29, 1.82) is 0 Å². The average Bonchev–Trinajstić information content (AvgIpc) is 2.63. The smallest absolute Gasteiger partial charge is 0.253 e. The lowest BCUT2D eigenvalue weighted by Gasteiger charge is -2.20. The van der Waals surface area contributed by atoms with E-state index in [0.29, 0.717) is 10.6 Å². The molecule has 0 saturated carbocycles. The fourth-order valence-corrected chi connectivity index (χ4v) is 2.36. The number of hydrogen-bond acceptors (Lipinski definition) is 3. The monoisotopic (exact) mass is 277 g/mol. The third-order valence-electron chi connectivity index (χ3n) is 3.40. The van der Waals surface area contributed by atoms with Gasteiger partial charge in [-0.3, -0.25) is 4.79 Å². The minimum atomic E-state index is 0.0633. The van der Waals surface area contributed by atoms with Crippen LogP contribution >= 0.6 is 12.2 Å². The van der Waals surface area contributed by atoms with E-state index in [2.05, 4.69) is 11.9 Å². The number of rotatable bonds is 2. The largest absolute Gasteiger partial charge is 0.389 e. The number of hydrogen-bond donors (Lipinski definition) is 1. The first-order chi connectivity index (χ1) is 9.08. The van der Waals surface area contributed by atoms with Gasteiger partial charge in [0.2, 0.25) is 0 Å². The number of nitrogens with zero attached hydrogens (tertiary/aromatic N) is 2. The number of carbonyl (C=O) groups is 1. The molecule has 19 heavy (non-hydrogen) atoms. The molecule has 0 atom stereocenters. The predicted molar refractivity (Wildman–Crippen MR) is 80.3 cm³/mol. The summed E-state index contributed by atoms with van der Waals surface area (Å²) in [6.07, 6.45) is 1.01. The maximum atomic E-state index is 12.5. The van der Waals surface area contributed by atoms with Crippen molar-refractivity contribution in [3.63, 3.8) is 0 Å². The fraction of sp³-hybridized carbons (Fsp3) is 0.429. The molecular weight excluding hydrogens is 258 g/mol. The van der Waals surface area contributed by atoms with Crippen LogP contribution in [-0.2, 0) is 0 Å². The van der Waals surface area contributed by atoms with Crippen LogP contribution < -0.4 is 5.73 Å². The van der Waals surface area contributed by atoms with Crippen LogP contribution in [0.2, 0.25) is 0 Å². The van der Waals surface area contributed by atoms with Crippen molar-refractivity contribution in [2.24, 2.45) is 5.73 Å². The molecule has 0 aliphatic carbocycles. The molecule has 0 aromatic heterocycles. The Kier molecular flexibility index (Phi) is 4.50. The number of carbonyl (C=O) groups excluding carboxylic acids is 1. The van der Waals surface area contributed by atoms with Crippen molar-refractivity contribution < 1.29 is 4.79 Å². The lowest BCUT2D eigenvalue weighted by Crippen LogP contribution is -2.34. The molecule has 0 radical (unpaired) electrons. The van der Waals surface area contributed by atoms with Crippen molar-refractivity contribution in [3.05, 3.63) is 35.4 Å². The summed E-state index contributed by atoms with van der Waals surface area (Å²) in [5.74, 6) is 0.0633. The van der Waals surface area contributed by atoms with Crippen LogP contribution in [0.3, 0.4) is 0 Å². The Morgan fingerprint density at radius 1 is 1.21 bits per heavy atom. The van der Waals surface area contributed by atoms with Gasteiger partial charge in [0.1, 0.15) is 4.99 Å². The Morgan fingerprint density at radius 2 is 1.95 bits per heavy atom. The van der Waals surface area contributed by atoms with Gasteiger partial charge in [-0.2, -0.15) is 0 Å². The fourth-order valence-electron chi connectivity index (χ4n) is 2.24. The first-order valence-corrected chi connectivity index (χ1v) is 6.86. The lowest BCUT2D eigenvalue weighted by molar-refractivity contribution is 0.0763. The summed E-state index contributed by atoms with van der Waals surface area (Å²) >= 11 is 4.95. The van der Waals surface area contributed by atoms with Gasteiger partial charge in [0, 0.05) is 30.8 Å². The maximum absolute atomic E-state index is 12.5. The zero-order valence-electron chi connectivity index (χ0n) is 11.1. The van der Waals surface area contributed by atoms with Crippen LogP contribution in [0.1, 0.15) is 22.3 Å². The molecule has 0 spiro atoms. The molecule has 1 aromatic carbocycles. The summed E-state index contributed by atoms with van der Waals surface area (Å²) in [7, 11) is 2.08. The van der Waals surface area contributed by atoms with Crippen LogP contribution in [0.25, 0.3) is 0 Å². The molecule has 1 heterocycles. The Labute approximate surface area is 119 Å². The minimum Gasteiger partial charge on any atom is -0.389 e. The first-order valence-electron chi connectivity index (χ1n) is 6.45. The molecule has 2 rings (SSSR count). The number of amides is 1. The van der Waals surface area contributed by atoms with E-state index in [-0.39, 0.29) is 5.91 Å². The van der Waals surface area contributed by atoms with Gasteiger partial charge in [0.25, 0.3) is 5.91 Å². The first kappa shape index (κ1) is 14.0. The topological polar surface area (TPSA) is 49.6 Å². The Bertz CT molecular complexity index is 489. The summed E-state index contributed by atoms with van der Waals surface area (Å²) in [5.41, 5.74) is 7.01. The van der Waals surface area contributed by atoms with Gasteiger partial charge < -0.3 is 15.5 Å². The summed E-state index contributed by atoms with van der Waals surface area (Å²) < 4.78 is 0. The summed E-state index contributed by atoms with van der Waals surface area (Å²) in [6.45, 7) is 3.53. The van der Waals surface area contributed by atoms with Gasteiger partial charge in [0.15, 0.2) is 0 Å². The molecule has 5 heteroatoms. The molecule has 1 aromatic rings. The van der Waals surface area contributed by atoms with E-state index in [1.54, 1.807) is 6.07 Å². The number of nitrogens with two attached hydrogens (primary N) is 1. The molecule has 0 unspecified atom stereocenters. The highest BCUT2D eigenvalue weighted by Crippen LogP contribution is 2.11. The molecule has 0 bridgehead atoms. The van der Waals surface area contributed by atoms with Gasteiger partial charge in [0.05, 0.1) is 0 Å². The summed E-state index contributed by atoms with van der Waals surface area (Å²) in [5, 5.41) is 0. The zero-order valence-corrected chi connectivity index (χ0v) is 11.9. The van der Waals surface area contributed by atoms with E-state index in [0.717, 1.165) is 38.2 Å². The van der Waals surface area contributed by atoms with E-state index in [9.17, 15) is 4.79 Å². The molecule has 1 aliphatic rings. The number of likely N-dealkylation sites (N-methyl/N-ethyl adjacent to an activating group) is 1. The lowest BCUT2D eigenvalue weighted by atomic mass is 10.1. The number of thiocarbonyl (C=S) groups is 1.